The Balaban J connectivity index is 1.07. The van der Waals surface area contributed by atoms with E-state index in [0.29, 0.717) is 5.82 Å². The fourth-order valence-electron chi connectivity index (χ4n) is 7.71. The molecule has 0 bridgehead atoms. The van der Waals surface area contributed by atoms with Gasteiger partial charge in [-0.25, -0.2) is 9.97 Å². The molecule has 0 radical (unpaired) electrons. The summed E-state index contributed by atoms with van der Waals surface area (Å²) in [5.41, 5.74) is 17.6. The van der Waals surface area contributed by atoms with Gasteiger partial charge >= 0.3 is 0 Å². The van der Waals surface area contributed by atoms with E-state index >= 15 is 0 Å². The van der Waals surface area contributed by atoms with Crippen LogP contribution in [0.15, 0.2) is 182 Å². The second-order valence-corrected chi connectivity index (χ2v) is 13.8. The van der Waals surface area contributed by atoms with Gasteiger partial charge in [-0.05, 0) is 67.8 Å². The zero-order chi connectivity index (χ0) is 34.4. The molecule has 0 saturated carbocycles. The average molecular weight is 653 g/mol. The molecule has 0 atom stereocenters. The lowest BCUT2D eigenvalue weighted by molar-refractivity contribution is 0.662. The molecule has 1 aliphatic rings. The molecule has 51 heavy (non-hydrogen) atoms. The van der Waals surface area contributed by atoms with Crippen molar-refractivity contribution in [1.29, 1.82) is 0 Å². The minimum absolute atomic E-state index is 0.0611. The molecule has 1 heterocycles. The summed E-state index contributed by atoms with van der Waals surface area (Å²) in [5.74, 6) is 0.713. The van der Waals surface area contributed by atoms with Crippen molar-refractivity contribution in [2.45, 2.75) is 19.3 Å². The van der Waals surface area contributed by atoms with E-state index in [-0.39, 0.29) is 5.41 Å². The predicted octanol–water partition coefficient (Wildman–Crippen LogP) is 12.8. The first-order valence-corrected chi connectivity index (χ1v) is 17.6. The van der Waals surface area contributed by atoms with Gasteiger partial charge in [0.25, 0.3) is 0 Å². The van der Waals surface area contributed by atoms with Crippen LogP contribution in [0, 0.1) is 0 Å². The van der Waals surface area contributed by atoms with E-state index in [1.807, 2.05) is 24.3 Å². The fourth-order valence-corrected chi connectivity index (χ4v) is 7.71. The van der Waals surface area contributed by atoms with Gasteiger partial charge in [0.05, 0.1) is 11.4 Å². The third-order valence-electron chi connectivity index (χ3n) is 10.3. The van der Waals surface area contributed by atoms with Gasteiger partial charge < -0.3 is 0 Å². The Labute approximate surface area is 299 Å². The van der Waals surface area contributed by atoms with Crippen LogP contribution >= 0.6 is 0 Å². The van der Waals surface area contributed by atoms with Crippen molar-refractivity contribution in [1.82, 2.24) is 9.97 Å². The van der Waals surface area contributed by atoms with E-state index in [9.17, 15) is 0 Å². The van der Waals surface area contributed by atoms with Crippen LogP contribution in [-0.2, 0) is 5.41 Å². The number of nitrogens with zero attached hydrogens (tertiary/aromatic N) is 2. The molecule has 9 rings (SSSR count). The van der Waals surface area contributed by atoms with Crippen LogP contribution in [0.4, 0.5) is 0 Å². The quantitative estimate of drug-likeness (QED) is 0.179. The third kappa shape index (κ3) is 5.56. The first-order chi connectivity index (χ1) is 25.0. The van der Waals surface area contributed by atoms with Crippen molar-refractivity contribution in [2.75, 3.05) is 0 Å². The van der Waals surface area contributed by atoms with Crippen molar-refractivity contribution < 1.29 is 0 Å². The molecule has 0 aliphatic heterocycles. The summed E-state index contributed by atoms with van der Waals surface area (Å²) in [6, 6.07) is 64.8. The second-order valence-electron chi connectivity index (χ2n) is 13.8. The lowest BCUT2D eigenvalue weighted by Crippen LogP contribution is -2.16. The Morgan fingerprint density at radius 1 is 0.333 bits per heavy atom. The van der Waals surface area contributed by atoms with Crippen LogP contribution in [0.25, 0.3) is 78.4 Å². The van der Waals surface area contributed by atoms with E-state index in [0.717, 1.165) is 33.6 Å². The van der Waals surface area contributed by atoms with E-state index in [1.54, 1.807) is 0 Å². The topological polar surface area (TPSA) is 25.8 Å². The zero-order valence-electron chi connectivity index (χ0n) is 28.7. The van der Waals surface area contributed by atoms with Gasteiger partial charge in [0.2, 0.25) is 0 Å². The highest BCUT2D eigenvalue weighted by molar-refractivity contribution is 5.88. The molecule has 2 nitrogen and oxygen atoms in total. The van der Waals surface area contributed by atoms with E-state index in [2.05, 4.69) is 172 Å². The minimum Gasteiger partial charge on any atom is -0.228 e. The van der Waals surface area contributed by atoms with Gasteiger partial charge in [-0.15, -0.1) is 0 Å². The Morgan fingerprint density at radius 2 is 0.804 bits per heavy atom. The average Bonchev–Trinajstić information content (AvgIpc) is 3.45. The second kappa shape index (κ2) is 12.5. The van der Waals surface area contributed by atoms with E-state index in [4.69, 9.17) is 9.97 Å². The molecule has 0 unspecified atom stereocenters. The molecule has 0 spiro atoms. The minimum atomic E-state index is -0.0611. The Kier molecular flexibility index (Phi) is 7.51. The monoisotopic (exact) mass is 652 g/mol. The normalized spacial score (nSPS) is 12.7. The van der Waals surface area contributed by atoms with Gasteiger partial charge in [-0.1, -0.05) is 184 Å². The van der Waals surface area contributed by atoms with Crippen LogP contribution in [-0.4, -0.2) is 9.97 Å². The zero-order valence-corrected chi connectivity index (χ0v) is 28.7. The maximum absolute atomic E-state index is 5.11. The summed E-state index contributed by atoms with van der Waals surface area (Å²) in [4.78, 5) is 10.2. The van der Waals surface area contributed by atoms with Gasteiger partial charge in [0.15, 0.2) is 5.82 Å². The van der Waals surface area contributed by atoms with E-state index < -0.39 is 0 Å². The van der Waals surface area contributed by atoms with Gasteiger partial charge in [-0.2, -0.15) is 0 Å². The smallest absolute Gasteiger partial charge is 0.160 e. The third-order valence-corrected chi connectivity index (χ3v) is 10.3. The maximum atomic E-state index is 5.11. The molecular weight excluding hydrogens is 617 g/mol. The molecule has 242 valence electrons. The Bertz CT molecular complexity index is 2510. The van der Waals surface area contributed by atoms with Crippen molar-refractivity contribution in [3.63, 3.8) is 0 Å². The standard InChI is InChI=1S/C49H36N2/c1-49(2)44-22-10-9-19-42(44)43-21-12-20-41(47(43)49)36-27-23-35(24-28-36)39-17-11-18-40(31-39)46-32-45(50-48(51-46)38-15-7-4-8-16-38)37-29-25-34(26-30-37)33-13-5-3-6-14-33/h3-32H,1-2H3. The molecule has 2 heteroatoms. The number of hydrogen-bond donors (Lipinski definition) is 0. The van der Waals surface area contributed by atoms with Crippen LogP contribution in [0.1, 0.15) is 25.0 Å². The van der Waals surface area contributed by atoms with Crippen molar-refractivity contribution in [3.8, 4) is 78.4 Å². The van der Waals surface area contributed by atoms with E-state index in [1.165, 1.54) is 50.1 Å². The predicted molar refractivity (Wildman–Crippen MR) is 212 cm³/mol. The molecular formula is C49H36N2. The maximum Gasteiger partial charge on any atom is 0.160 e. The molecule has 0 saturated heterocycles. The van der Waals surface area contributed by atoms with Crippen LogP contribution in [0.5, 0.6) is 0 Å². The number of benzene rings is 7. The number of hydrogen-bond acceptors (Lipinski definition) is 2. The highest BCUT2D eigenvalue weighted by atomic mass is 14.9. The summed E-state index contributed by atoms with van der Waals surface area (Å²) in [7, 11) is 0. The largest absolute Gasteiger partial charge is 0.228 e. The lowest BCUT2D eigenvalue weighted by atomic mass is 9.79. The summed E-state index contributed by atoms with van der Waals surface area (Å²) in [6.45, 7) is 4.70. The van der Waals surface area contributed by atoms with Crippen molar-refractivity contribution in [2.24, 2.45) is 0 Å². The summed E-state index contributed by atoms with van der Waals surface area (Å²) in [5, 5.41) is 0. The van der Waals surface area contributed by atoms with Crippen LogP contribution in [0.2, 0.25) is 0 Å². The molecule has 7 aromatic carbocycles. The van der Waals surface area contributed by atoms with Crippen molar-refractivity contribution in [3.05, 3.63) is 193 Å². The molecule has 0 N–H and O–H groups in total. The molecule has 8 aromatic rings. The van der Waals surface area contributed by atoms with Gasteiger partial charge in [0.1, 0.15) is 0 Å². The first-order valence-electron chi connectivity index (χ1n) is 17.6. The molecule has 1 aromatic heterocycles. The highest BCUT2D eigenvalue weighted by Crippen LogP contribution is 2.52. The molecule has 0 amide bonds. The molecule has 1 aliphatic carbocycles. The van der Waals surface area contributed by atoms with Crippen molar-refractivity contribution >= 4 is 0 Å². The van der Waals surface area contributed by atoms with Gasteiger partial charge in [-0.3, -0.25) is 0 Å². The first kappa shape index (κ1) is 30.7. The Morgan fingerprint density at radius 3 is 1.53 bits per heavy atom. The summed E-state index contributed by atoms with van der Waals surface area (Å²) >= 11 is 0. The summed E-state index contributed by atoms with van der Waals surface area (Å²) in [6.07, 6.45) is 0. The van der Waals surface area contributed by atoms with Crippen LogP contribution in [0.3, 0.4) is 0 Å². The number of rotatable bonds is 6. The highest BCUT2D eigenvalue weighted by Gasteiger charge is 2.37. The Hall–Kier alpha value is -6.38. The lowest BCUT2D eigenvalue weighted by Gasteiger charge is -2.24. The summed E-state index contributed by atoms with van der Waals surface area (Å²) < 4.78 is 0. The van der Waals surface area contributed by atoms with Gasteiger partial charge in [0, 0.05) is 22.1 Å². The van der Waals surface area contributed by atoms with Crippen LogP contribution < -0.4 is 0 Å². The number of aromatic nitrogens is 2. The SMILES string of the molecule is CC1(C)c2ccccc2-c2cccc(-c3ccc(-c4cccc(-c5cc(-c6ccc(-c7ccccc7)cc6)nc(-c6ccccc6)n5)c4)cc3)c21. The number of fused-ring (bicyclic) bond motifs is 3. The molecule has 0 fully saturated rings. The fraction of sp³-hybridized carbons (Fsp3) is 0.0612.